The first kappa shape index (κ1) is 18.7. The molecule has 3 aromatic rings. The quantitative estimate of drug-likeness (QED) is 0.654. The molecular formula is C20H18FN3O2S. The molecule has 0 aliphatic rings. The van der Waals surface area contributed by atoms with Gasteiger partial charge in [0.25, 0.3) is 5.91 Å². The maximum Gasteiger partial charge on any atom is 0.251 e. The van der Waals surface area contributed by atoms with E-state index in [0.717, 1.165) is 10.4 Å². The first-order valence-corrected chi connectivity index (χ1v) is 9.24. The van der Waals surface area contributed by atoms with Gasteiger partial charge in [-0.2, -0.15) is 0 Å². The van der Waals surface area contributed by atoms with Gasteiger partial charge in [-0.3, -0.25) is 9.59 Å². The summed E-state index contributed by atoms with van der Waals surface area (Å²) in [5, 5.41) is 5.91. The number of rotatable bonds is 7. The molecule has 0 radical (unpaired) electrons. The number of aromatic nitrogens is 1. The molecule has 0 fully saturated rings. The van der Waals surface area contributed by atoms with Crippen LogP contribution in [0.3, 0.4) is 0 Å². The number of nitrogens with one attached hydrogen (secondary N) is 2. The number of amides is 2. The second-order valence-corrected chi connectivity index (χ2v) is 6.97. The molecule has 0 unspecified atom stereocenters. The van der Waals surface area contributed by atoms with Gasteiger partial charge in [0.1, 0.15) is 5.82 Å². The minimum absolute atomic E-state index is 0.150. The van der Waals surface area contributed by atoms with E-state index in [1.165, 1.54) is 23.5 Å². The third-order valence-electron chi connectivity index (χ3n) is 3.74. The van der Waals surface area contributed by atoms with Crippen molar-refractivity contribution < 1.29 is 14.0 Å². The molecule has 1 aromatic heterocycles. The molecule has 0 saturated carbocycles. The van der Waals surface area contributed by atoms with Crippen LogP contribution < -0.4 is 10.6 Å². The van der Waals surface area contributed by atoms with Gasteiger partial charge in [0.2, 0.25) is 5.91 Å². The summed E-state index contributed by atoms with van der Waals surface area (Å²) in [4.78, 5) is 29.0. The minimum Gasteiger partial charge on any atom is -0.352 e. The molecule has 2 aromatic carbocycles. The lowest BCUT2D eigenvalue weighted by atomic mass is 10.1. The third-order valence-corrected chi connectivity index (χ3v) is 4.65. The summed E-state index contributed by atoms with van der Waals surface area (Å²) in [7, 11) is 0. The standard InChI is InChI=1S/C20H18FN3O2S/c21-16-8-4-5-14(11-16)12-17-13-23-20(27-17)24-18(25)9-10-22-19(26)15-6-2-1-3-7-15/h1-8,11,13H,9-10,12H2,(H,22,26)(H,23,24,25). The van der Waals surface area contributed by atoms with Crippen LogP contribution in [0.15, 0.2) is 60.8 Å². The number of nitrogens with zero attached hydrogens (tertiary/aromatic N) is 1. The summed E-state index contributed by atoms with van der Waals surface area (Å²) in [6, 6.07) is 15.2. The van der Waals surface area contributed by atoms with Gasteiger partial charge in [-0.15, -0.1) is 11.3 Å². The Morgan fingerprint density at radius 2 is 1.89 bits per heavy atom. The Morgan fingerprint density at radius 1 is 1.07 bits per heavy atom. The molecule has 0 saturated heterocycles. The number of thiazole rings is 1. The minimum atomic E-state index is -0.275. The highest BCUT2D eigenvalue weighted by Gasteiger charge is 2.09. The maximum absolute atomic E-state index is 13.2. The van der Waals surface area contributed by atoms with Crippen LogP contribution in [0.1, 0.15) is 27.2 Å². The van der Waals surface area contributed by atoms with Gasteiger partial charge in [-0.05, 0) is 29.8 Å². The van der Waals surface area contributed by atoms with E-state index in [1.54, 1.807) is 36.5 Å². The number of hydrogen-bond donors (Lipinski definition) is 2. The number of benzene rings is 2. The van der Waals surface area contributed by atoms with E-state index < -0.39 is 0 Å². The van der Waals surface area contributed by atoms with Crippen molar-refractivity contribution in [2.45, 2.75) is 12.8 Å². The number of carbonyl (C=O) groups is 2. The lowest BCUT2D eigenvalue weighted by molar-refractivity contribution is -0.116. The lowest BCUT2D eigenvalue weighted by Crippen LogP contribution is -2.27. The monoisotopic (exact) mass is 383 g/mol. The number of anilines is 1. The van der Waals surface area contributed by atoms with Gasteiger partial charge in [0.15, 0.2) is 5.13 Å². The number of halogens is 1. The summed E-state index contributed by atoms with van der Waals surface area (Å²) >= 11 is 1.35. The normalized spacial score (nSPS) is 10.4. The molecule has 0 bridgehead atoms. The summed E-state index contributed by atoms with van der Waals surface area (Å²) in [5.41, 5.74) is 1.40. The van der Waals surface area contributed by atoms with Crippen LogP contribution >= 0.6 is 11.3 Å². The molecule has 0 aliphatic carbocycles. The van der Waals surface area contributed by atoms with Crippen LogP contribution in [-0.2, 0) is 11.2 Å². The van der Waals surface area contributed by atoms with Crippen LogP contribution in [0.25, 0.3) is 0 Å². The number of hydrogen-bond acceptors (Lipinski definition) is 4. The van der Waals surface area contributed by atoms with Crippen molar-refractivity contribution in [3.05, 3.63) is 82.6 Å². The summed E-state index contributed by atoms with van der Waals surface area (Å²) in [6.07, 6.45) is 2.37. The lowest BCUT2D eigenvalue weighted by Gasteiger charge is -2.05. The zero-order valence-electron chi connectivity index (χ0n) is 14.4. The van der Waals surface area contributed by atoms with Crippen LogP contribution in [0, 0.1) is 5.82 Å². The Balaban J connectivity index is 1.44. The predicted molar refractivity (Wildman–Crippen MR) is 103 cm³/mol. The fraction of sp³-hybridized carbons (Fsp3) is 0.150. The summed E-state index contributed by atoms with van der Waals surface area (Å²) < 4.78 is 13.2. The van der Waals surface area contributed by atoms with Gasteiger partial charge in [0, 0.05) is 36.0 Å². The van der Waals surface area contributed by atoms with Gasteiger partial charge in [0.05, 0.1) is 0 Å². The molecule has 7 heteroatoms. The second-order valence-electron chi connectivity index (χ2n) is 5.86. The van der Waals surface area contributed by atoms with Gasteiger partial charge in [-0.1, -0.05) is 30.3 Å². The van der Waals surface area contributed by atoms with Crippen molar-refractivity contribution in [1.82, 2.24) is 10.3 Å². The van der Waals surface area contributed by atoms with E-state index in [1.807, 2.05) is 12.1 Å². The molecule has 1 heterocycles. The fourth-order valence-electron chi connectivity index (χ4n) is 2.46. The van der Waals surface area contributed by atoms with E-state index in [0.29, 0.717) is 17.1 Å². The molecule has 138 valence electrons. The average Bonchev–Trinajstić information content (AvgIpc) is 3.09. The third kappa shape index (κ3) is 5.72. The Bertz CT molecular complexity index is 928. The summed E-state index contributed by atoms with van der Waals surface area (Å²) in [6.45, 7) is 0.237. The van der Waals surface area contributed by atoms with Crippen molar-refractivity contribution in [1.29, 1.82) is 0 Å². The highest BCUT2D eigenvalue weighted by molar-refractivity contribution is 7.15. The van der Waals surface area contributed by atoms with Crippen molar-refractivity contribution >= 4 is 28.3 Å². The van der Waals surface area contributed by atoms with E-state index in [-0.39, 0.29) is 30.6 Å². The van der Waals surface area contributed by atoms with Crippen molar-refractivity contribution in [3.63, 3.8) is 0 Å². The van der Waals surface area contributed by atoms with Crippen LogP contribution in [0.4, 0.5) is 9.52 Å². The van der Waals surface area contributed by atoms with Crippen LogP contribution in [-0.4, -0.2) is 23.3 Å². The number of carbonyl (C=O) groups excluding carboxylic acids is 2. The molecule has 2 N–H and O–H groups in total. The summed E-state index contributed by atoms with van der Waals surface area (Å²) in [5.74, 6) is -0.715. The molecule has 27 heavy (non-hydrogen) atoms. The Kier molecular flexibility index (Phi) is 6.27. The van der Waals surface area contributed by atoms with Gasteiger partial charge < -0.3 is 10.6 Å². The Hall–Kier alpha value is -3.06. The fourth-order valence-corrected chi connectivity index (χ4v) is 3.32. The maximum atomic E-state index is 13.2. The molecule has 5 nitrogen and oxygen atoms in total. The SMILES string of the molecule is O=C(CCNC(=O)c1ccccc1)Nc1ncc(Cc2cccc(F)c2)s1. The van der Waals surface area contributed by atoms with Gasteiger partial charge in [-0.25, -0.2) is 9.37 Å². The van der Waals surface area contributed by atoms with Gasteiger partial charge >= 0.3 is 0 Å². The van der Waals surface area contributed by atoms with E-state index in [2.05, 4.69) is 15.6 Å². The van der Waals surface area contributed by atoms with Crippen LogP contribution in [0.2, 0.25) is 0 Å². The van der Waals surface area contributed by atoms with E-state index in [4.69, 9.17) is 0 Å². The zero-order chi connectivity index (χ0) is 19.1. The molecule has 3 rings (SSSR count). The van der Waals surface area contributed by atoms with Crippen LogP contribution in [0.5, 0.6) is 0 Å². The second kappa shape index (κ2) is 9.05. The first-order chi connectivity index (χ1) is 13.1. The Morgan fingerprint density at radius 3 is 2.67 bits per heavy atom. The largest absolute Gasteiger partial charge is 0.352 e. The molecule has 0 spiro atoms. The van der Waals surface area contributed by atoms with Crippen molar-refractivity contribution in [2.24, 2.45) is 0 Å². The van der Waals surface area contributed by atoms with Crippen molar-refractivity contribution in [3.8, 4) is 0 Å². The van der Waals surface area contributed by atoms with Crippen molar-refractivity contribution in [2.75, 3.05) is 11.9 Å². The topological polar surface area (TPSA) is 71.1 Å². The zero-order valence-corrected chi connectivity index (χ0v) is 15.3. The molecule has 0 aliphatic heterocycles. The highest BCUT2D eigenvalue weighted by atomic mass is 32.1. The van der Waals surface area contributed by atoms with E-state index >= 15 is 0 Å². The van der Waals surface area contributed by atoms with E-state index in [9.17, 15) is 14.0 Å². The molecular weight excluding hydrogens is 365 g/mol. The Labute approximate surface area is 160 Å². The smallest absolute Gasteiger partial charge is 0.251 e. The molecule has 0 atom stereocenters. The first-order valence-electron chi connectivity index (χ1n) is 8.42. The predicted octanol–water partition coefficient (Wildman–Crippen LogP) is 3.63. The molecule has 2 amide bonds. The highest BCUT2D eigenvalue weighted by Crippen LogP contribution is 2.21. The average molecular weight is 383 g/mol.